The standard InChI is InChI=1S/C27H24N6O10S2.2Na/c1-27(2,25(40)41)43-32-18(15-10-45-26(28)29-15)21(36)30-19-22(37)33-20(24(38)39)12(9-44-23(19)33)3-5-13-8-14(31-42-13)11-4-6-16(34)17(35)7-11;;/h3-8,10,19,23,34-35H,9H2,1-2H3,(H2,28,29)(H,30,36)(H,38,39)(H,40,41);;/q;2*+1/p-2/b5-3+,32-18+;;/t19-,23-;;/m1../s1. The van der Waals surface area contributed by atoms with E-state index < -0.39 is 58.0 Å². The van der Waals surface area contributed by atoms with Crippen molar-refractivity contribution in [3.63, 3.8) is 0 Å². The van der Waals surface area contributed by atoms with E-state index >= 15 is 0 Å². The van der Waals surface area contributed by atoms with E-state index in [-0.39, 0.29) is 98.4 Å². The molecule has 20 heteroatoms. The number of carboxylic acids is 2. The maximum Gasteiger partial charge on any atom is 1.00 e. The third-order valence-electron chi connectivity index (χ3n) is 6.56. The van der Waals surface area contributed by atoms with Gasteiger partial charge in [0.1, 0.15) is 28.5 Å². The zero-order valence-electron chi connectivity index (χ0n) is 25.2. The van der Waals surface area contributed by atoms with Gasteiger partial charge in [-0.1, -0.05) is 34.6 Å². The van der Waals surface area contributed by atoms with E-state index in [2.05, 4.69) is 20.6 Å². The SMILES string of the molecule is CC(C)(O/N=C(/C(=O)N[C@@H]1C(=O)N2C(C(=O)O)=C(/C=C/c3cc(-c4ccc([O-])c([O-])c4)no3)CS[C@H]12)c1csc(N)n1)C(=O)O.[Na+].[Na+]. The molecule has 1 fully saturated rings. The van der Waals surface area contributed by atoms with Crippen molar-refractivity contribution in [2.75, 3.05) is 11.5 Å². The Morgan fingerprint density at radius 1 is 1.19 bits per heavy atom. The number of carbonyl (C=O) groups is 4. The van der Waals surface area contributed by atoms with Gasteiger partial charge in [0, 0.05) is 22.8 Å². The number of β-lactam (4-membered cyclic amide) rings is 1. The number of thioether (sulfide) groups is 1. The number of nitrogen functional groups attached to an aromatic ring is 1. The first-order valence-electron chi connectivity index (χ1n) is 12.8. The van der Waals surface area contributed by atoms with Crippen molar-refractivity contribution in [2.24, 2.45) is 5.16 Å². The number of anilines is 1. The number of amides is 2. The molecule has 5 N–H and O–H groups in total. The Morgan fingerprint density at radius 2 is 1.91 bits per heavy atom. The number of benzene rings is 1. The number of nitrogens with two attached hydrogens (primary N) is 1. The summed E-state index contributed by atoms with van der Waals surface area (Å²) in [6, 6.07) is 4.03. The fraction of sp³-hybridized carbons (Fsp3) is 0.222. The molecule has 0 unspecified atom stereocenters. The van der Waals surface area contributed by atoms with Gasteiger partial charge < -0.3 is 40.8 Å². The molecule has 2 aliphatic rings. The Bertz CT molecular complexity index is 1820. The minimum Gasteiger partial charge on any atom is -0.873 e. The molecule has 2 aliphatic heterocycles. The normalized spacial score (nSPS) is 17.7. The van der Waals surface area contributed by atoms with Gasteiger partial charge in [0.2, 0.25) is 5.60 Å². The maximum absolute atomic E-state index is 13.2. The average molecular weight is 701 g/mol. The Hall–Kier alpha value is -3.36. The molecule has 2 amide bonds. The molecule has 4 heterocycles. The Morgan fingerprint density at radius 3 is 2.53 bits per heavy atom. The van der Waals surface area contributed by atoms with Crippen LogP contribution in [0, 0.1) is 0 Å². The number of aromatic nitrogens is 2. The molecule has 0 radical (unpaired) electrons. The summed E-state index contributed by atoms with van der Waals surface area (Å²) < 4.78 is 5.25. The van der Waals surface area contributed by atoms with E-state index in [9.17, 15) is 39.6 Å². The van der Waals surface area contributed by atoms with E-state index in [0.29, 0.717) is 5.56 Å². The summed E-state index contributed by atoms with van der Waals surface area (Å²) in [4.78, 5) is 60.2. The topological polar surface area (TPSA) is 257 Å². The fourth-order valence-corrected chi connectivity index (χ4v) is 6.00. The molecule has 3 aromatic rings. The van der Waals surface area contributed by atoms with E-state index in [1.54, 1.807) is 0 Å². The number of fused-ring (bicyclic) bond motifs is 1. The minimum absolute atomic E-state index is 0. The third kappa shape index (κ3) is 8.03. The van der Waals surface area contributed by atoms with Gasteiger partial charge in [-0.05, 0) is 25.5 Å². The number of oxime groups is 1. The summed E-state index contributed by atoms with van der Waals surface area (Å²) in [5, 5.41) is 53.2. The van der Waals surface area contributed by atoms with Gasteiger partial charge in [0.05, 0.1) is 0 Å². The molecule has 5 rings (SSSR count). The third-order valence-corrected chi connectivity index (χ3v) is 8.54. The zero-order valence-corrected chi connectivity index (χ0v) is 30.9. The first-order valence-corrected chi connectivity index (χ1v) is 14.8. The Kier molecular flexibility index (Phi) is 12.4. The van der Waals surface area contributed by atoms with Gasteiger partial charge in [-0.15, -0.1) is 34.6 Å². The van der Waals surface area contributed by atoms with E-state index in [1.807, 2.05) is 0 Å². The van der Waals surface area contributed by atoms with Crippen LogP contribution in [0.4, 0.5) is 5.13 Å². The molecule has 16 nitrogen and oxygen atoms in total. The predicted octanol–water partition coefficient (Wildman–Crippen LogP) is -5.43. The molecular formula is C27H22N6Na2O10S2. The largest absolute Gasteiger partial charge is 1.00 e. The maximum atomic E-state index is 13.2. The molecule has 0 bridgehead atoms. The first kappa shape index (κ1) is 38.1. The van der Waals surface area contributed by atoms with Gasteiger partial charge in [0.15, 0.2) is 16.6 Å². The summed E-state index contributed by atoms with van der Waals surface area (Å²) in [7, 11) is 0. The summed E-state index contributed by atoms with van der Waals surface area (Å²) >= 11 is 2.19. The number of nitrogens with one attached hydrogen (secondary N) is 1. The number of hydrogen-bond donors (Lipinski definition) is 4. The van der Waals surface area contributed by atoms with Crippen molar-refractivity contribution in [2.45, 2.75) is 30.9 Å². The van der Waals surface area contributed by atoms with Crippen LogP contribution in [0.5, 0.6) is 11.5 Å². The van der Waals surface area contributed by atoms with E-state index in [4.69, 9.17) is 15.1 Å². The molecule has 47 heavy (non-hydrogen) atoms. The van der Waals surface area contributed by atoms with Gasteiger partial charge in [0.25, 0.3) is 11.8 Å². The Labute approximate surface area is 318 Å². The molecule has 0 saturated carbocycles. The van der Waals surface area contributed by atoms with Crippen molar-refractivity contribution in [3.8, 4) is 22.8 Å². The van der Waals surface area contributed by atoms with Gasteiger partial charge >= 0.3 is 71.1 Å². The van der Waals surface area contributed by atoms with E-state index in [0.717, 1.165) is 28.4 Å². The molecule has 234 valence electrons. The van der Waals surface area contributed by atoms with Crippen LogP contribution in [0.3, 0.4) is 0 Å². The van der Waals surface area contributed by atoms with Gasteiger partial charge in [-0.3, -0.25) is 14.5 Å². The van der Waals surface area contributed by atoms with Crippen molar-refractivity contribution >= 4 is 63.8 Å². The predicted molar refractivity (Wildman–Crippen MR) is 155 cm³/mol. The molecule has 2 atom stereocenters. The summed E-state index contributed by atoms with van der Waals surface area (Å²) in [6.07, 6.45) is 2.90. The Balaban J connectivity index is 0.00000300. The summed E-state index contributed by atoms with van der Waals surface area (Å²) in [5.74, 6) is -5.33. The van der Waals surface area contributed by atoms with Crippen LogP contribution in [0.1, 0.15) is 25.3 Å². The number of carbonyl (C=O) groups excluding carboxylic acids is 2. The van der Waals surface area contributed by atoms with Crippen molar-refractivity contribution < 1.29 is 108 Å². The van der Waals surface area contributed by atoms with Crippen LogP contribution in [0.15, 0.2) is 56.7 Å². The second kappa shape index (κ2) is 15.2. The summed E-state index contributed by atoms with van der Waals surface area (Å²) in [5.41, 5.74) is 4.08. The van der Waals surface area contributed by atoms with E-state index in [1.165, 1.54) is 55.3 Å². The van der Waals surface area contributed by atoms with Gasteiger partial charge in [-0.25, -0.2) is 14.6 Å². The quantitative estimate of drug-likeness (QED) is 0.0667. The molecule has 0 aliphatic carbocycles. The van der Waals surface area contributed by atoms with Crippen LogP contribution in [-0.2, 0) is 24.0 Å². The van der Waals surface area contributed by atoms with Crippen LogP contribution < -0.4 is 80.4 Å². The molecule has 2 aromatic heterocycles. The van der Waals surface area contributed by atoms with Crippen LogP contribution in [-0.4, -0.2) is 77.5 Å². The molecule has 1 saturated heterocycles. The minimum atomic E-state index is -1.79. The van der Waals surface area contributed by atoms with Crippen LogP contribution >= 0.6 is 23.1 Å². The van der Waals surface area contributed by atoms with Gasteiger partial charge in [-0.2, -0.15) is 0 Å². The monoisotopic (exact) mass is 700 g/mol. The molecule has 1 aromatic carbocycles. The van der Waals surface area contributed by atoms with Crippen molar-refractivity contribution in [1.29, 1.82) is 0 Å². The molecular weight excluding hydrogens is 678 g/mol. The number of carboxylic acid groups (broad SMARTS) is 2. The number of nitrogens with zero attached hydrogens (tertiary/aromatic N) is 4. The number of hydrogen-bond acceptors (Lipinski definition) is 14. The summed E-state index contributed by atoms with van der Waals surface area (Å²) in [6.45, 7) is 2.44. The second-order valence-corrected chi connectivity index (χ2v) is 12.1. The second-order valence-electron chi connectivity index (χ2n) is 10.1. The number of rotatable bonds is 10. The first-order chi connectivity index (χ1) is 21.3. The van der Waals surface area contributed by atoms with Crippen LogP contribution in [0.2, 0.25) is 0 Å². The smallest absolute Gasteiger partial charge is 0.873 e. The number of allylic oxidation sites excluding steroid dienone is 1. The fourth-order valence-electron chi connectivity index (χ4n) is 4.13. The van der Waals surface area contributed by atoms with Crippen molar-refractivity contribution in [3.05, 3.63) is 58.4 Å². The van der Waals surface area contributed by atoms with Crippen molar-refractivity contribution in [1.82, 2.24) is 20.4 Å². The number of aliphatic carboxylic acids is 2. The van der Waals surface area contributed by atoms with Crippen LogP contribution in [0.25, 0.3) is 17.3 Å². The zero-order chi connectivity index (χ0) is 32.6. The average Bonchev–Trinajstić information content (AvgIpc) is 3.64. The molecule has 0 spiro atoms. The number of thiazole rings is 1.